The van der Waals surface area contributed by atoms with Crippen molar-refractivity contribution in [3.63, 3.8) is 0 Å². The van der Waals surface area contributed by atoms with Crippen molar-refractivity contribution in [3.05, 3.63) is 47.0 Å². The molecule has 5 nitrogen and oxygen atoms in total. The minimum absolute atomic E-state index is 0.0403. The van der Waals surface area contributed by atoms with Gasteiger partial charge in [0.2, 0.25) is 5.91 Å². The molecule has 24 heavy (non-hydrogen) atoms. The second kappa shape index (κ2) is 6.04. The predicted octanol–water partition coefficient (Wildman–Crippen LogP) is 2.79. The van der Waals surface area contributed by atoms with Gasteiger partial charge >= 0.3 is 0 Å². The maximum absolute atomic E-state index is 13.1. The molecule has 0 unspecified atom stereocenters. The van der Waals surface area contributed by atoms with E-state index in [4.69, 9.17) is 0 Å². The summed E-state index contributed by atoms with van der Waals surface area (Å²) >= 11 is 0. The third-order valence-corrected chi connectivity index (χ3v) is 5.39. The van der Waals surface area contributed by atoms with Gasteiger partial charge in [0.25, 0.3) is 0 Å². The van der Waals surface area contributed by atoms with E-state index in [1.807, 2.05) is 24.6 Å². The second-order valence-electron chi connectivity index (χ2n) is 7.02. The highest BCUT2D eigenvalue weighted by atomic mass is 16.2. The van der Waals surface area contributed by atoms with E-state index in [1.165, 1.54) is 11.1 Å². The monoisotopic (exact) mass is 324 g/mol. The molecule has 2 atom stereocenters. The number of rotatable bonds is 2. The van der Waals surface area contributed by atoms with E-state index < -0.39 is 0 Å². The van der Waals surface area contributed by atoms with Gasteiger partial charge in [-0.3, -0.25) is 4.79 Å². The molecule has 4 rings (SSSR count). The lowest BCUT2D eigenvalue weighted by Gasteiger charge is -2.34. The molecule has 1 fully saturated rings. The molecule has 1 aliphatic heterocycles. The summed E-state index contributed by atoms with van der Waals surface area (Å²) in [6.45, 7) is 5.53. The highest BCUT2D eigenvalue weighted by Gasteiger charge is 2.34. The summed E-state index contributed by atoms with van der Waals surface area (Å²) in [5, 5.41) is 4.53. The van der Waals surface area contributed by atoms with Crippen LogP contribution in [0.4, 0.5) is 0 Å². The number of aromatic nitrogens is 3. The van der Waals surface area contributed by atoms with Gasteiger partial charge in [-0.1, -0.05) is 24.3 Å². The van der Waals surface area contributed by atoms with Gasteiger partial charge in [-0.15, -0.1) is 0 Å². The maximum Gasteiger partial charge on any atom is 0.230 e. The molecule has 0 spiro atoms. The van der Waals surface area contributed by atoms with Crippen molar-refractivity contribution in [2.75, 3.05) is 13.1 Å². The van der Waals surface area contributed by atoms with Gasteiger partial charge in [-0.05, 0) is 50.7 Å². The number of carbonyl (C=O) groups excluding carboxylic acids is 1. The van der Waals surface area contributed by atoms with Gasteiger partial charge < -0.3 is 4.90 Å². The lowest BCUT2D eigenvalue weighted by Crippen LogP contribution is -2.43. The topological polar surface area (TPSA) is 51.0 Å². The van der Waals surface area contributed by atoms with E-state index in [9.17, 15) is 4.79 Å². The van der Waals surface area contributed by atoms with E-state index >= 15 is 0 Å². The number of benzene rings is 1. The Morgan fingerprint density at radius 3 is 2.83 bits per heavy atom. The minimum Gasteiger partial charge on any atom is -0.340 e. The van der Waals surface area contributed by atoms with Crippen molar-refractivity contribution in [2.24, 2.45) is 0 Å². The number of hydrogen-bond acceptors (Lipinski definition) is 3. The molecule has 0 radical (unpaired) electrons. The molecule has 5 heteroatoms. The smallest absolute Gasteiger partial charge is 0.230 e. The molecule has 2 heterocycles. The largest absolute Gasteiger partial charge is 0.340 e. The highest BCUT2D eigenvalue weighted by molar-refractivity contribution is 5.85. The molecule has 1 aromatic heterocycles. The van der Waals surface area contributed by atoms with Crippen LogP contribution in [0.15, 0.2) is 24.3 Å². The summed E-state index contributed by atoms with van der Waals surface area (Å²) in [4.78, 5) is 19.6. The first-order chi connectivity index (χ1) is 11.6. The zero-order chi connectivity index (χ0) is 16.7. The van der Waals surface area contributed by atoms with E-state index in [0.29, 0.717) is 5.91 Å². The Morgan fingerprint density at radius 2 is 2.04 bits per heavy atom. The van der Waals surface area contributed by atoms with Crippen LogP contribution < -0.4 is 0 Å². The lowest BCUT2D eigenvalue weighted by atomic mass is 9.97. The first kappa shape index (κ1) is 15.4. The number of aryl methyl sites for hydroxylation is 3. The molecule has 0 N–H and O–H groups in total. The fraction of sp³-hybridized carbons (Fsp3) is 0.526. The number of piperidine rings is 1. The van der Waals surface area contributed by atoms with Crippen LogP contribution in [0.1, 0.15) is 54.0 Å². The number of carbonyl (C=O) groups is 1. The average Bonchev–Trinajstić information content (AvgIpc) is 3.17. The third-order valence-electron chi connectivity index (χ3n) is 5.39. The summed E-state index contributed by atoms with van der Waals surface area (Å²) < 4.78 is 2.01. The highest BCUT2D eigenvalue weighted by Crippen LogP contribution is 2.35. The van der Waals surface area contributed by atoms with Gasteiger partial charge in [0.1, 0.15) is 11.6 Å². The summed E-state index contributed by atoms with van der Waals surface area (Å²) in [7, 11) is 0. The van der Waals surface area contributed by atoms with Crippen molar-refractivity contribution in [2.45, 2.75) is 51.5 Å². The lowest BCUT2D eigenvalue weighted by molar-refractivity contribution is -0.134. The maximum atomic E-state index is 13.1. The number of likely N-dealkylation sites (tertiary alicyclic amines) is 1. The van der Waals surface area contributed by atoms with Crippen LogP contribution in [0, 0.1) is 13.8 Å². The Kier molecular flexibility index (Phi) is 3.87. The first-order valence-electron chi connectivity index (χ1n) is 8.90. The number of hydrogen-bond donors (Lipinski definition) is 0. The van der Waals surface area contributed by atoms with Crippen LogP contribution in [-0.2, 0) is 11.2 Å². The normalized spacial score (nSPS) is 23.3. The molecular weight excluding hydrogens is 300 g/mol. The SMILES string of the molecule is Cc1nc(C)n([C@@H]2CCCN(C(=O)[C@H]3CCc4ccccc43)C2)n1. The van der Waals surface area contributed by atoms with Gasteiger partial charge in [-0.2, -0.15) is 5.10 Å². The molecule has 1 saturated heterocycles. The predicted molar refractivity (Wildman–Crippen MR) is 91.9 cm³/mol. The van der Waals surface area contributed by atoms with Crippen LogP contribution >= 0.6 is 0 Å². The zero-order valence-electron chi connectivity index (χ0n) is 14.4. The first-order valence-corrected chi connectivity index (χ1v) is 8.90. The quantitative estimate of drug-likeness (QED) is 0.853. The van der Waals surface area contributed by atoms with Crippen molar-refractivity contribution in [1.82, 2.24) is 19.7 Å². The Morgan fingerprint density at radius 1 is 1.21 bits per heavy atom. The Bertz CT molecular complexity index is 766. The summed E-state index contributed by atoms with van der Waals surface area (Å²) in [5.41, 5.74) is 2.57. The molecular formula is C19H24N4O. The summed E-state index contributed by atoms with van der Waals surface area (Å²) in [6, 6.07) is 8.64. The summed E-state index contributed by atoms with van der Waals surface area (Å²) in [6.07, 6.45) is 4.06. The van der Waals surface area contributed by atoms with E-state index in [1.54, 1.807) is 0 Å². The molecule has 0 bridgehead atoms. The Balaban J connectivity index is 1.52. The third kappa shape index (κ3) is 2.62. The van der Waals surface area contributed by atoms with E-state index in [2.05, 4.69) is 33.2 Å². The van der Waals surface area contributed by atoms with E-state index in [-0.39, 0.29) is 12.0 Å². The molecule has 1 aromatic carbocycles. The number of fused-ring (bicyclic) bond motifs is 1. The second-order valence-corrected chi connectivity index (χ2v) is 7.02. The Hall–Kier alpha value is -2.17. The van der Waals surface area contributed by atoms with Crippen molar-refractivity contribution >= 4 is 5.91 Å². The molecule has 1 amide bonds. The average molecular weight is 324 g/mol. The van der Waals surface area contributed by atoms with Crippen molar-refractivity contribution < 1.29 is 4.79 Å². The number of amides is 1. The Labute approximate surface area is 142 Å². The van der Waals surface area contributed by atoms with Crippen LogP contribution in [-0.4, -0.2) is 38.7 Å². The van der Waals surface area contributed by atoms with E-state index in [0.717, 1.165) is 50.4 Å². The summed E-state index contributed by atoms with van der Waals surface area (Å²) in [5.74, 6) is 2.08. The zero-order valence-corrected chi connectivity index (χ0v) is 14.4. The van der Waals surface area contributed by atoms with Crippen LogP contribution in [0.25, 0.3) is 0 Å². The van der Waals surface area contributed by atoms with Gasteiger partial charge in [-0.25, -0.2) is 9.67 Å². The number of nitrogens with zero attached hydrogens (tertiary/aromatic N) is 4. The molecule has 1 aliphatic carbocycles. The fourth-order valence-electron chi connectivity index (χ4n) is 4.27. The van der Waals surface area contributed by atoms with Gasteiger partial charge in [0.05, 0.1) is 12.0 Å². The van der Waals surface area contributed by atoms with Crippen LogP contribution in [0.2, 0.25) is 0 Å². The van der Waals surface area contributed by atoms with Crippen molar-refractivity contribution in [3.8, 4) is 0 Å². The molecule has 2 aliphatic rings. The molecule has 126 valence electrons. The standard InChI is InChI=1S/C19H24N4O/c1-13-20-14(2)23(21-13)16-7-5-11-22(12-16)19(24)18-10-9-15-6-3-4-8-17(15)18/h3-4,6,8,16,18H,5,7,9-12H2,1-2H3/t16-,18+/m1/s1. The van der Waals surface area contributed by atoms with Crippen LogP contribution in [0.5, 0.6) is 0 Å². The van der Waals surface area contributed by atoms with Crippen molar-refractivity contribution in [1.29, 1.82) is 0 Å². The minimum atomic E-state index is 0.0403. The van der Waals surface area contributed by atoms with Gasteiger partial charge in [0, 0.05) is 13.1 Å². The van der Waals surface area contributed by atoms with Crippen LogP contribution in [0.3, 0.4) is 0 Å². The fourth-order valence-corrected chi connectivity index (χ4v) is 4.27. The van der Waals surface area contributed by atoms with Gasteiger partial charge in [0.15, 0.2) is 0 Å². The molecule has 0 saturated carbocycles. The molecule has 2 aromatic rings.